The van der Waals surface area contributed by atoms with E-state index in [0.29, 0.717) is 19.8 Å². The second kappa shape index (κ2) is 7.13. The Kier molecular flexibility index (Phi) is 5.80. The van der Waals surface area contributed by atoms with Gasteiger partial charge in [0.25, 0.3) is 0 Å². The van der Waals surface area contributed by atoms with Crippen LogP contribution in [0.2, 0.25) is 0 Å². The molecule has 0 atom stereocenters. The number of rotatable bonds is 7. The summed E-state index contributed by atoms with van der Waals surface area (Å²) in [5.41, 5.74) is 3.06. The molecule has 0 radical (unpaired) electrons. The second-order valence-corrected chi connectivity index (χ2v) is 4.10. The van der Waals surface area contributed by atoms with Crippen molar-refractivity contribution >= 4 is 5.91 Å². The Hall–Kier alpha value is -1.40. The Balaban J connectivity index is 2.34. The van der Waals surface area contributed by atoms with Crippen molar-refractivity contribution in [1.29, 1.82) is 0 Å². The lowest BCUT2D eigenvalue weighted by molar-refractivity contribution is -0.126. The van der Waals surface area contributed by atoms with Gasteiger partial charge >= 0.3 is 0 Å². The third kappa shape index (κ3) is 4.12. The van der Waals surface area contributed by atoms with Crippen LogP contribution in [-0.4, -0.2) is 42.6 Å². The number of ether oxygens (including phenoxy) is 2. The first-order valence-electron chi connectivity index (χ1n) is 5.88. The molecule has 0 unspecified atom stereocenters. The van der Waals surface area contributed by atoms with E-state index in [0.717, 1.165) is 17.0 Å². The molecular weight excluding hydrogens is 234 g/mol. The smallest absolute Gasteiger partial charge is 0.246 e. The van der Waals surface area contributed by atoms with E-state index in [-0.39, 0.29) is 12.5 Å². The Morgan fingerprint density at radius 3 is 2.67 bits per heavy atom. The minimum Gasteiger partial charge on any atom is -0.382 e. The molecule has 18 heavy (non-hydrogen) atoms. The van der Waals surface area contributed by atoms with Gasteiger partial charge in [0, 0.05) is 32.0 Å². The van der Waals surface area contributed by atoms with E-state index in [1.807, 2.05) is 25.6 Å². The summed E-state index contributed by atoms with van der Waals surface area (Å²) < 4.78 is 11.8. The third-order valence-corrected chi connectivity index (χ3v) is 2.79. The molecular formula is C12H21N3O3. The SMILES string of the molecule is COCCOCC(=O)NCc1c(C)nn(C)c1C. The molecule has 0 aliphatic carbocycles. The maximum Gasteiger partial charge on any atom is 0.246 e. The van der Waals surface area contributed by atoms with E-state index in [4.69, 9.17) is 9.47 Å². The molecule has 1 N–H and O–H groups in total. The topological polar surface area (TPSA) is 65.4 Å². The van der Waals surface area contributed by atoms with E-state index in [1.165, 1.54) is 0 Å². The van der Waals surface area contributed by atoms with Crippen molar-refractivity contribution in [2.24, 2.45) is 7.05 Å². The van der Waals surface area contributed by atoms with Gasteiger partial charge in [-0.05, 0) is 13.8 Å². The number of carbonyl (C=O) groups is 1. The molecule has 0 aliphatic heterocycles. The number of methoxy groups -OCH3 is 1. The molecule has 102 valence electrons. The maximum absolute atomic E-state index is 11.5. The molecule has 0 saturated carbocycles. The van der Waals surface area contributed by atoms with E-state index in [9.17, 15) is 4.79 Å². The molecule has 6 heteroatoms. The molecule has 0 saturated heterocycles. The second-order valence-electron chi connectivity index (χ2n) is 4.10. The normalized spacial score (nSPS) is 10.7. The van der Waals surface area contributed by atoms with Crippen molar-refractivity contribution in [3.8, 4) is 0 Å². The van der Waals surface area contributed by atoms with Gasteiger partial charge in [-0.25, -0.2) is 0 Å². The van der Waals surface area contributed by atoms with Crippen molar-refractivity contribution < 1.29 is 14.3 Å². The summed E-state index contributed by atoms with van der Waals surface area (Å²) in [6, 6.07) is 0. The highest BCUT2D eigenvalue weighted by Crippen LogP contribution is 2.10. The monoisotopic (exact) mass is 255 g/mol. The van der Waals surface area contributed by atoms with Gasteiger partial charge in [-0.3, -0.25) is 9.48 Å². The van der Waals surface area contributed by atoms with Crippen LogP contribution in [0.1, 0.15) is 17.0 Å². The highest BCUT2D eigenvalue weighted by molar-refractivity contribution is 5.77. The maximum atomic E-state index is 11.5. The third-order valence-electron chi connectivity index (χ3n) is 2.79. The zero-order chi connectivity index (χ0) is 13.5. The summed E-state index contributed by atoms with van der Waals surface area (Å²) >= 11 is 0. The van der Waals surface area contributed by atoms with Gasteiger partial charge in [0.2, 0.25) is 5.91 Å². The molecule has 0 aromatic carbocycles. The lowest BCUT2D eigenvalue weighted by Crippen LogP contribution is -2.28. The summed E-state index contributed by atoms with van der Waals surface area (Å²) in [5.74, 6) is -0.131. The van der Waals surface area contributed by atoms with Crippen LogP contribution in [0.4, 0.5) is 0 Å². The van der Waals surface area contributed by atoms with Gasteiger partial charge in [0.1, 0.15) is 6.61 Å². The van der Waals surface area contributed by atoms with Crippen molar-refractivity contribution in [3.05, 3.63) is 17.0 Å². The average Bonchev–Trinajstić information content (AvgIpc) is 2.57. The van der Waals surface area contributed by atoms with E-state index in [1.54, 1.807) is 7.11 Å². The van der Waals surface area contributed by atoms with E-state index >= 15 is 0 Å². The minimum atomic E-state index is -0.131. The minimum absolute atomic E-state index is 0.0573. The van der Waals surface area contributed by atoms with Gasteiger partial charge in [0.15, 0.2) is 0 Å². The summed E-state index contributed by atoms with van der Waals surface area (Å²) in [6.07, 6.45) is 0. The van der Waals surface area contributed by atoms with Crippen molar-refractivity contribution in [2.75, 3.05) is 26.9 Å². The molecule has 1 amide bonds. The fourth-order valence-electron chi connectivity index (χ4n) is 1.62. The molecule has 6 nitrogen and oxygen atoms in total. The number of carbonyl (C=O) groups excluding carboxylic acids is 1. The number of aryl methyl sites for hydroxylation is 2. The summed E-state index contributed by atoms with van der Waals surface area (Å²) in [6.45, 7) is 5.38. The fraction of sp³-hybridized carbons (Fsp3) is 0.667. The first-order chi connectivity index (χ1) is 8.56. The predicted molar refractivity (Wildman–Crippen MR) is 67.2 cm³/mol. The zero-order valence-electron chi connectivity index (χ0n) is 11.4. The summed E-state index contributed by atoms with van der Waals surface area (Å²) in [4.78, 5) is 11.5. The first kappa shape index (κ1) is 14.7. The summed E-state index contributed by atoms with van der Waals surface area (Å²) in [7, 11) is 3.49. The molecule has 1 heterocycles. The average molecular weight is 255 g/mol. The summed E-state index contributed by atoms with van der Waals surface area (Å²) in [5, 5.41) is 7.11. The lowest BCUT2D eigenvalue weighted by atomic mass is 10.2. The quantitative estimate of drug-likeness (QED) is 0.712. The molecule has 0 spiro atoms. The standard InChI is InChI=1S/C12H21N3O3/c1-9-11(10(2)15(3)14-9)7-13-12(16)8-18-6-5-17-4/h5-8H2,1-4H3,(H,13,16). The van der Waals surface area contributed by atoms with Gasteiger partial charge in [0.05, 0.1) is 18.9 Å². The van der Waals surface area contributed by atoms with Crippen LogP contribution in [0.5, 0.6) is 0 Å². The molecule has 0 bridgehead atoms. The van der Waals surface area contributed by atoms with Gasteiger partial charge < -0.3 is 14.8 Å². The zero-order valence-corrected chi connectivity index (χ0v) is 11.4. The molecule has 0 aliphatic rings. The predicted octanol–water partition coefficient (Wildman–Crippen LogP) is 0.316. The van der Waals surface area contributed by atoms with Crippen LogP contribution in [-0.2, 0) is 27.9 Å². The van der Waals surface area contributed by atoms with E-state index in [2.05, 4.69) is 10.4 Å². The molecule has 1 aromatic rings. The van der Waals surface area contributed by atoms with Crippen LogP contribution in [0.15, 0.2) is 0 Å². The number of aromatic nitrogens is 2. The number of hydrogen-bond acceptors (Lipinski definition) is 4. The van der Waals surface area contributed by atoms with Crippen molar-refractivity contribution in [3.63, 3.8) is 0 Å². The van der Waals surface area contributed by atoms with Crippen molar-refractivity contribution in [2.45, 2.75) is 20.4 Å². The Morgan fingerprint density at radius 1 is 1.39 bits per heavy atom. The van der Waals surface area contributed by atoms with Crippen molar-refractivity contribution in [1.82, 2.24) is 15.1 Å². The highest BCUT2D eigenvalue weighted by Gasteiger charge is 2.10. The molecule has 1 aromatic heterocycles. The highest BCUT2D eigenvalue weighted by atomic mass is 16.5. The van der Waals surface area contributed by atoms with Crippen LogP contribution in [0, 0.1) is 13.8 Å². The van der Waals surface area contributed by atoms with Gasteiger partial charge in [-0.2, -0.15) is 5.10 Å². The number of nitrogens with zero attached hydrogens (tertiary/aromatic N) is 2. The molecule has 0 fully saturated rings. The largest absolute Gasteiger partial charge is 0.382 e. The first-order valence-corrected chi connectivity index (χ1v) is 5.88. The fourth-order valence-corrected chi connectivity index (χ4v) is 1.62. The number of nitrogens with one attached hydrogen (secondary N) is 1. The van der Waals surface area contributed by atoms with Crippen LogP contribution in [0.3, 0.4) is 0 Å². The lowest BCUT2D eigenvalue weighted by Gasteiger charge is -2.06. The Bertz CT molecular complexity index is 402. The van der Waals surface area contributed by atoms with Gasteiger partial charge in [-0.1, -0.05) is 0 Å². The van der Waals surface area contributed by atoms with Crippen LogP contribution < -0.4 is 5.32 Å². The molecule has 1 rings (SSSR count). The number of amides is 1. The van der Waals surface area contributed by atoms with Crippen LogP contribution in [0.25, 0.3) is 0 Å². The Labute approximate surface area is 107 Å². The van der Waals surface area contributed by atoms with Crippen LogP contribution >= 0.6 is 0 Å². The van der Waals surface area contributed by atoms with Gasteiger partial charge in [-0.15, -0.1) is 0 Å². The van der Waals surface area contributed by atoms with E-state index < -0.39 is 0 Å². The Morgan fingerprint density at radius 2 is 2.11 bits per heavy atom. The number of hydrogen-bond donors (Lipinski definition) is 1.